The summed E-state index contributed by atoms with van der Waals surface area (Å²) in [4.78, 5) is 13.4. The Morgan fingerprint density at radius 2 is 2.17 bits per heavy atom. The van der Waals surface area contributed by atoms with Crippen LogP contribution >= 0.6 is 0 Å². The molecule has 0 aliphatic carbocycles. The monoisotopic (exact) mass is 247 g/mol. The molecule has 1 aliphatic heterocycles. The predicted octanol–water partition coefficient (Wildman–Crippen LogP) is 2.67. The molecule has 2 amide bonds. The number of carbonyl (C=O) groups is 1. The fraction of sp³-hybridized carbons (Fsp3) is 0.500. The van der Waals surface area contributed by atoms with Gasteiger partial charge in [-0.3, -0.25) is 4.90 Å². The fourth-order valence-corrected chi connectivity index (χ4v) is 1.87. The maximum Gasteiger partial charge on any atom is 0.321 e. The first-order chi connectivity index (χ1) is 8.46. The molecule has 0 aromatic heterocycles. The van der Waals surface area contributed by atoms with E-state index in [0.717, 1.165) is 31.0 Å². The van der Waals surface area contributed by atoms with Crippen molar-refractivity contribution >= 4 is 17.4 Å². The van der Waals surface area contributed by atoms with Gasteiger partial charge in [-0.2, -0.15) is 0 Å². The molecule has 1 aromatic carbocycles. The number of hydrogen-bond donors (Lipinski definition) is 2. The van der Waals surface area contributed by atoms with Crippen LogP contribution in [0.15, 0.2) is 24.3 Å². The lowest BCUT2D eigenvalue weighted by atomic mass is 9.97. The van der Waals surface area contributed by atoms with E-state index in [0.29, 0.717) is 0 Å². The smallest absolute Gasteiger partial charge is 0.321 e. The lowest BCUT2D eigenvalue weighted by Gasteiger charge is -2.21. The van der Waals surface area contributed by atoms with Gasteiger partial charge in [-0.1, -0.05) is 26.8 Å². The number of hydrogen-bond acceptors (Lipinski definition) is 2. The third-order valence-corrected chi connectivity index (χ3v) is 2.84. The molecule has 18 heavy (non-hydrogen) atoms. The van der Waals surface area contributed by atoms with Crippen LogP contribution in [0.3, 0.4) is 0 Å². The number of urea groups is 1. The third kappa shape index (κ3) is 3.15. The molecule has 1 saturated heterocycles. The molecule has 1 heterocycles. The van der Waals surface area contributed by atoms with E-state index in [1.165, 1.54) is 0 Å². The van der Waals surface area contributed by atoms with Gasteiger partial charge in [0.15, 0.2) is 0 Å². The molecule has 0 spiro atoms. The highest BCUT2D eigenvalue weighted by Crippen LogP contribution is 2.22. The van der Waals surface area contributed by atoms with E-state index >= 15 is 0 Å². The molecule has 0 saturated carbocycles. The minimum atomic E-state index is -0.0111. The van der Waals surface area contributed by atoms with Gasteiger partial charge in [0.2, 0.25) is 0 Å². The van der Waals surface area contributed by atoms with Gasteiger partial charge >= 0.3 is 6.03 Å². The highest BCUT2D eigenvalue weighted by molar-refractivity contribution is 5.94. The molecule has 0 atom stereocenters. The van der Waals surface area contributed by atoms with Crippen LogP contribution < -0.4 is 15.5 Å². The average Bonchev–Trinajstić information content (AvgIpc) is 2.72. The molecular weight excluding hydrogens is 226 g/mol. The van der Waals surface area contributed by atoms with Crippen molar-refractivity contribution in [2.45, 2.75) is 20.8 Å². The van der Waals surface area contributed by atoms with Crippen LogP contribution in [-0.2, 0) is 0 Å². The van der Waals surface area contributed by atoms with Crippen LogP contribution in [0.4, 0.5) is 16.2 Å². The normalized spacial score (nSPS) is 15.7. The summed E-state index contributed by atoms with van der Waals surface area (Å²) in [6, 6.07) is 7.99. The summed E-state index contributed by atoms with van der Waals surface area (Å²) in [6.45, 7) is 8.94. The molecule has 2 N–H and O–H groups in total. The summed E-state index contributed by atoms with van der Waals surface area (Å²) < 4.78 is 0. The summed E-state index contributed by atoms with van der Waals surface area (Å²) in [5, 5.41) is 6.22. The lowest BCUT2D eigenvalue weighted by molar-refractivity contribution is 0.252. The van der Waals surface area contributed by atoms with Crippen molar-refractivity contribution in [1.82, 2.24) is 5.32 Å². The Hall–Kier alpha value is -1.71. The van der Waals surface area contributed by atoms with Gasteiger partial charge in [-0.15, -0.1) is 0 Å². The van der Waals surface area contributed by atoms with Gasteiger partial charge in [0.1, 0.15) is 0 Å². The van der Waals surface area contributed by atoms with Gasteiger partial charge in [-0.05, 0) is 23.6 Å². The van der Waals surface area contributed by atoms with Gasteiger partial charge in [0.05, 0.1) is 0 Å². The Morgan fingerprint density at radius 3 is 2.78 bits per heavy atom. The standard InChI is InChI=1S/C14H21N3O/c1-14(2,3)10-16-11-5-4-6-12(9-11)17-8-7-15-13(17)18/h4-6,9,16H,7-8,10H2,1-3H3,(H,15,18). The number of carbonyl (C=O) groups excluding carboxylic acids is 1. The van der Waals surface area contributed by atoms with E-state index in [4.69, 9.17) is 0 Å². The maximum atomic E-state index is 11.6. The van der Waals surface area contributed by atoms with E-state index in [1.807, 2.05) is 24.3 Å². The Bertz CT molecular complexity index is 437. The summed E-state index contributed by atoms with van der Waals surface area (Å²) in [5.74, 6) is 0. The Kier molecular flexibility index (Phi) is 3.45. The maximum absolute atomic E-state index is 11.6. The minimum absolute atomic E-state index is 0.0111. The number of nitrogens with one attached hydrogen (secondary N) is 2. The molecule has 98 valence electrons. The molecule has 0 bridgehead atoms. The van der Waals surface area contributed by atoms with Crippen molar-refractivity contribution in [2.75, 3.05) is 29.9 Å². The quantitative estimate of drug-likeness (QED) is 0.862. The van der Waals surface area contributed by atoms with Crippen LogP contribution in [0, 0.1) is 5.41 Å². The molecule has 2 rings (SSSR count). The molecule has 0 radical (unpaired) electrons. The molecule has 4 nitrogen and oxygen atoms in total. The highest BCUT2D eigenvalue weighted by Gasteiger charge is 2.21. The molecule has 0 unspecified atom stereocenters. The molecule has 1 fully saturated rings. The summed E-state index contributed by atoms with van der Waals surface area (Å²) in [7, 11) is 0. The van der Waals surface area contributed by atoms with Crippen molar-refractivity contribution in [3.05, 3.63) is 24.3 Å². The Balaban J connectivity index is 2.08. The minimum Gasteiger partial charge on any atom is -0.384 e. The fourth-order valence-electron chi connectivity index (χ4n) is 1.87. The highest BCUT2D eigenvalue weighted by atomic mass is 16.2. The van der Waals surface area contributed by atoms with Crippen LogP contribution in [0.1, 0.15) is 20.8 Å². The van der Waals surface area contributed by atoms with E-state index in [9.17, 15) is 4.79 Å². The summed E-state index contributed by atoms with van der Waals surface area (Å²) in [5.41, 5.74) is 2.24. The van der Waals surface area contributed by atoms with Crippen molar-refractivity contribution in [3.63, 3.8) is 0 Å². The average molecular weight is 247 g/mol. The Morgan fingerprint density at radius 1 is 1.39 bits per heavy atom. The van der Waals surface area contributed by atoms with Gasteiger partial charge in [0, 0.05) is 31.0 Å². The number of rotatable bonds is 3. The lowest BCUT2D eigenvalue weighted by Crippen LogP contribution is -2.27. The topological polar surface area (TPSA) is 44.4 Å². The first kappa shape index (κ1) is 12.7. The molecular formula is C14H21N3O. The summed E-state index contributed by atoms with van der Waals surface area (Å²) in [6.07, 6.45) is 0. The zero-order valence-electron chi connectivity index (χ0n) is 11.3. The van der Waals surface area contributed by atoms with Crippen LogP contribution in [0.25, 0.3) is 0 Å². The number of benzene rings is 1. The van der Waals surface area contributed by atoms with Crippen LogP contribution in [0.2, 0.25) is 0 Å². The molecule has 4 heteroatoms. The zero-order valence-corrected chi connectivity index (χ0v) is 11.3. The van der Waals surface area contributed by atoms with Crippen molar-refractivity contribution in [1.29, 1.82) is 0 Å². The molecule has 1 aromatic rings. The first-order valence-electron chi connectivity index (χ1n) is 6.35. The second-order valence-corrected chi connectivity index (χ2v) is 5.85. The molecule has 1 aliphatic rings. The largest absolute Gasteiger partial charge is 0.384 e. The first-order valence-corrected chi connectivity index (χ1v) is 6.35. The second kappa shape index (κ2) is 4.88. The second-order valence-electron chi connectivity index (χ2n) is 5.85. The zero-order chi connectivity index (χ0) is 13.2. The third-order valence-electron chi connectivity index (χ3n) is 2.84. The van der Waals surface area contributed by atoms with E-state index < -0.39 is 0 Å². The number of amides is 2. The van der Waals surface area contributed by atoms with Crippen molar-refractivity contribution in [2.24, 2.45) is 5.41 Å². The van der Waals surface area contributed by atoms with E-state index in [-0.39, 0.29) is 11.4 Å². The van der Waals surface area contributed by atoms with Gasteiger partial charge in [-0.25, -0.2) is 4.79 Å². The Labute approximate surface area is 108 Å². The van der Waals surface area contributed by atoms with E-state index in [2.05, 4.69) is 31.4 Å². The number of anilines is 2. The predicted molar refractivity (Wildman–Crippen MR) is 75.1 cm³/mol. The van der Waals surface area contributed by atoms with Crippen molar-refractivity contribution < 1.29 is 4.79 Å². The van der Waals surface area contributed by atoms with Gasteiger partial charge < -0.3 is 10.6 Å². The SMILES string of the molecule is CC(C)(C)CNc1cccc(N2CCNC2=O)c1. The van der Waals surface area contributed by atoms with Crippen LogP contribution in [0.5, 0.6) is 0 Å². The number of nitrogens with zero attached hydrogens (tertiary/aromatic N) is 1. The summed E-state index contributed by atoms with van der Waals surface area (Å²) >= 11 is 0. The van der Waals surface area contributed by atoms with Crippen molar-refractivity contribution in [3.8, 4) is 0 Å². The van der Waals surface area contributed by atoms with Crippen LogP contribution in [-0.4, -0.2) is 25.7 Å². The van der Waals surface area contributed by atoms with E-state index in [1.54, 1.807) is 4.90 Å². The van der Waals surface area contributed by atoms with Gasteiger partial charge in [0.25, 0.3) is 0 Å².